The highest BCUT2D eigenvalue weighted by Crippen LogP contribution is 2.33. The first-order valence-electron chi connectivity index (χ1n) is 42.2. The molecule has 5 aromatic rings. The lowest BCUT2D eigenvalue weighted by atomic mass is 9.99. The summed E-state index contributed by atoms with van der Waals surface area (Å²) in [6.07, 6.45) is 1.46. The Morgan fingerprint density at radius 2 is 1.02 bits per heavy atom. The van der Waals surface area contributed by atoms with E-state index in [1.165, 1.54) is 44.7 Å². The Kier molecular flexibility index (Phi) is 45.6. The van der Waals surface area contributed by atoms with Crippen LogP contribution in [0.5, 0.6) is 5.75 Å². The summed E-state index contributed by atoms with van der Waals surface area (Å²) >= 11 is 2.60. The zero-order chi connectivity index (χ0) is 93.1. The summed E-state index contributed by atoms with van der Waals surface area (Å²) in [5, 5.41) is 48.7. The first-order valence-corrected chi connectivity index (χ1v) is 46.5. The number of para-hydroxylation sites is 1. The highest BCUT2D eigenvalue weighted by atomic mass is 33.1. The number of aromatic amines is 1. The van der Waals surface area contributed by atoms with Crippen LogP contribution in [0.15, 0.2) is 84.0 Å². The summed E-state index contributed by atoms with van der Waals surface area (Å²) in [6, 6.07) is 5.20. The molecule has 11 atom stereocenters. The van der Waals surface area contributed by atoms with Crippen molar-refractivity contribution in [3.05, 3.63) is 95.1 Å². The normalized spacial score (nSPS) is 14.8. The van der Waals surface area contributed by atoms with E-state index in [-0.39, 0.29) is 146 Å². The van der Waals surface area contributed by atoms with E-state index in [4.69, 9.17) is 55.0 Å². The van der Waals surface area contributed by atoms with E-state index in [0.717, 1.165) is 0 Å². The summed E-state index contributed by atoms with van der Waals surface area (Å²) in [6.45, 7) is 7.96. The Balaban J connectivity index is 1.16. The quantitative estimate of drug-likeness (QED) is 0.00647. The van der Waals surface area contributed by atoms with E-state index in [1.54, 1.807) is 92.8 Å². The van der Waals surface area contributed by atoms with Crippen LogP contribution in [0.4, 0.5) is 4.79 Å². The van der Waals surface area contributed by atoms with Crippen molar-refractivity contribution in [2.24, 2.45) is 57.0 Å². The van der Waals surface area contributed by atoms with Crippen LogP contribution in [0.25, 0.3) is 21.1 Å². The van der Waals surface area contributed by atoms with Crippen LogP contribution in [-0.2, 0) is 84.7 Å². The third-order valence-corrected chi connectivity index (χ3v) is 24.6. The molecule has 0 fully saturated rings. The molecule has 1 aliphatic heterocycles. The number of hydrogen-bond donors (Lipinski definition) is 21. The Morgan fingerprint density at radius 1 is 0.535 bits per heavy atom. The number of carbonyl (C=O) groups excluding carboxylic acids is 14. The largest absolute Gasteiger partial charge is 0.513 e. The van der Waals surface area contributed by atoms with Gasteiger partial charge >= 0.3 is 12.1 Å². The van der Waals surface area contributed by atoms with Gasteiger partial charge in [-0.25, -0.2) is 14.6 Å². The van der Waals surface area contributed by atoms with Gasteiger partial charge < -0.3 is 118 Å². The molecule has 28 N–H and O–H groups in total. The molecular weight excluding hydrogens is 1720 g/mol. The fraction of sp³-hybridized carbons (Fsp3) is 0.542. The molecule has 1 aliphatic rings. The average Bonchev–Trinajstić information content (AvgIpc) is 1.67. The molecule has 0 spiro atoms. The lowest BCUT2D eigenvalue weighted by molar-refractivity contribution is -0.138. The highest BCUT2D eigenvalue weighted by molar-refractivity contribution is 8.76. The average molecular weight is 1840 g/mol. The van der Waals surface area contributed by atoms with E-state index in [9.17, 15) is 62.6 Å². The Morgan fingerprint density at radius 3 is 1.55 bits per heavy atom. The van der Waals surface area contributed by atoms with E-state index < -0.39 is 162 Å². The van der Waals surface area contributed by atoms with Crippen LogP contribution in [-0.4, -0.2) is 232 Å². The summed E-state index contributed by atoms with van der Waals surface area (Å²) < 4.78 is 11.4. The lowest BCUT2D eigenvalue weighted by Gasteiger charge is -2.29. The number of nitrogens with zero attached hydrogens (tertiary/aromatic N) is 2. The molecule has 40 nitrogen and oxygen atoms in total. The fourth-order valence-electron chi connectivity index (χ4n) is 13.3. The number of hydrogen-bond acceptors (Lipinski definition) is 27. The van der Waals surface area contributed by atoms with Gasteiger partial charge in [-0.15, -0.1) is 23.1 Å². The number of carbonyl (C=O) groups is 15. The third kappa shape index (κ3) is 37.7. The number of amides is 13. The van der Waals surface area contributed by atoms with Gasteiger partial charge in [-0.1, -0.05) is 97.8 Å². The number of carboxylic acid groups (broad SMARTS) is 1. The molecule has 127 heavy (non-hydrogen) atoms. The minimum Gasteiger partial charge on any atom is -0.480 e. The third-order valence-electron chi connectivity index (χ3n) is 19.8. The number of benzene rings is 3. The number of fused-ring (bicyclic) bond motifs is 2. The van der Waals surface area contributed by atoms with Gasteiger partial charge in [-0.05, 0) is 157 Å². The molecule has 3 heterocycles. The van der Waals surface area contributed by atoms with Crippen LogP contribution < -0.4 is 103 Å². The fourth-order valence-corrected chi connectivity index (χ4v) is 17.4. The van der Waals surface area contributed by atoms with E-state index in [2.05, 4.69) is 73.4 Å². The number of aliphatic carboxylic acids is 1. The SMILES string of the molecule is CC(C)C[C@H](NC(=O)CCSSCCCOC(=O)Oc1ccc2nc(C3=N[C@@H](C(=O)O)CS3)sc2c1)C(=O)N[C@@H](CCCCN)C(=O)N[C@@H](CCCNC(=N)N)C(=O)N[C@@H](Cc1c[nH]c2ccccc12)C(=O)N[C@@H](CCCCN)C(=O)N[C@@H](CC(C)C)C(=O)N[C@@H](Cc1ccccc1)C(=O)N[C@@H](CC(N)=O)C(=O)N[C@@H](CCCCN)C(=O)N[C@@H](CCC(N)=O)C(N)=O. The molecule has 44 heteroatoms. The molecule has 0 radical (unpaired) electrons. The first kappa shape index (κ1) is 105. The maximum absolute atomic E-state index is 15.3. The van der Waals surface area contributed by atoms with Crippen LogP contribution in [0.2, 0.25) is 0 Å². The number of primary amides is 3. The van der Waals surface area contributed by atoms with Gasteiger partial charge in [-0.3, -0.25) is 72.7 Å². The molecule has 2 aromatic heterocycles. The van der Waals surface area contributed by atoms with Gasteiger partial charge in [0.15, 0.2) is 12.0 Å². The number of aliphatic imine (C=N–C) groups is 1. The van der Waals surface area contributed by atoms with E-state index >= 15 is 14.4 Å². The smallest absolute Gasteiger partial charge is 0.480 e. The highest BCUT2D eigenvalue weighted by Gasteiger charge is 2.38. The van der Waals surface area contributed by atoms with Crippen molar-refractivity contribution in [3.8, 4) is 5.75 Å². The molecule has 3 aromatic carbocycles. The number of carboxylic acids is 1. The minimum absolute atomic E-state index is 0.00971. The van der Waals surface area contributed by atoms with Gasteiger partial charge in [0.05, 0.1) is 23.2 Å². The second-order valence-corrected chi connectivity index (χ2v) is 36.0. The maximum Gasteiger partial charge on any atom is 0.513 e. The predicted octanol–water partition coefficient (Wildman–Crippen LogP) is 1.10. The standard InChI is InChI=1S/C83H122N22O18S4/c1-46(2)38-59(94-68(108)30-37-126-125-36-17-35-122-83(121)123-50-26-27-53-65(42-50)127-80(104-53)79-105-64(45-124-79)81(119)120)74(114)97-56(23-11-14-32-85)71(111)96-58(25-16-34-92-82(90)91)73(113)102-62(41-49-44-93-52-21-9-8-20-51(49)52)77(117)98-57(24-12-15-33-86)72(112)100-60(39-47(3)4)75(115)101-61(40-48-18-6-5-7-19-48)76(116)103-63(43-67(88)107)78(118)99-55(22-10-13-31-84)70(110)95-54(69(89)109)28-29-66(87)106/h5-9,18-21,26-27,42,44,46-47,54-64,93H,10-17,22-25,28-41,43,45,84-86H2,1-4H3,(H2,87,106)(H2,88,107)(H2,89,109)(H,94,108)(H,95,110)(H,96,111)(H,97,114)(H,98,117)(H,99,118)(H,100,112)(H,101,115)(H,102,113)(H,103,116)(H,119,120)(H4,90,91,92)/t54-,55-,56-,57-,58-,59-,60-,61-,62-,63-,64+/m0/s1. The molecule has 0 saturated heterocycles. The van der Waals surface area contributed by atoms with Crippen molar-refractivity contribution in [2.45, 2.75) is 223 Å². The predicted molar refractivity (Wildman–Crippen MR) is 486 cm³/mol. The van der Waals surface area contributed by atoms with Crippen molar-refractivity contribution in [1.29, 1.82) is 5.41 Å². The number of H-pyrrole nitrogens is 1. The Bertz CT molecular complexity index is 4580. The summed E-state index contributed by atoms with van der Waals surface area (Å²) in [7, 11) is 2.84. The first-order chi connectivity index (χ1) is 60.6. The molecule has 6 rings (SSSR count). The Hall–Kier alpha value is -11.2. The van der Waals surface area contributed by atoms with Gasteiger partial charge in [0.25, 0.3) is 0 Å². The molecule has 0 saturated carbocycles. The number of nitrogens with one attached hydrogen (secondary N) is 13. The van der Waals surface area contributed by atoms with E-state index in [0.29, 0.717) is 91.7 Å². The zero-order valence-corrected chi connectivity index (χ0v) is 75.0. The van der Waals surface area contributed by atoms with Gasteiger partial charge in [0.1, 0.15) is 76.2 Å². The monoisotopic (exact) mass is 1840 g/mol. The van der Waals surface area contributed by atoms with Crippen molar-refractivity contribution >= 4 is 166 Å². The number of thioether (sulfide) groups is 1. The second kappa shape index (κ2) is 55.4. The van der Waals surface area contributed by atoms with Crippen molar-refractivity contribution in [1.82, 2.24) is 68.5 Å². The number of unbranched alkanes of at least 4 members (excludes halogenated alkanes) is 3. The van der Waals surface area contributed by atoms with Crippen LogP contribution >= 0.6 is 44.7 Å². The van der Waals surface area contributed by atoms with Crippen LogP contribution in [0.3, 0.4) is 0 Å². The van der Waals surface area contributed by atoms with Gasteiger partial charge in [0.2, 0.25) is 76.8 Å². The lowest BCUT2D eigenvalue weighted by Crippen LogP contribution is -2.61. The number of rotatable bonds is 60. The van der Waals surface area contributed by atoms with Gasteiger partial charge in [-0.2, -0.15) is 0 Å². The molecular formula is C83H122N22O18S4. The zero-order valence-electron chi connectivity index (χ0n) is 71.8. The maximum atomic E-state index is 15.3. The Labute approximate surface area is 752 Å². The number of guanidine groups is 1. The molecule has 0 bridgehead atoms. The number of ether oxygens (including phenoxy) is 2. The molecule has 696 valence electrons. The number of thiazole rings is 1. The van der Waals surface area contributed by atoms with E-state index in [1.807, 2.05) is 13.8 Å². The topological polar surface area (TPSA) is 674 Å². The van der Waals surface area contributed by atoms with Crippen molar-refractivity contribution < 1.29 is 86.5 Å². The summed E-state index contributed by atoms with van der Waals surface area (Å²) in [5.41, 5.74) is 42.1. The van der Waals surface area contributed by atoms with Crippen molar-refractivity contribution in [3.63, 3.8) is 0 Å². The van der Waals surface area contributed by atoms with Crippen LogP contribution in [0.1, 0.15) is 159 Å². The van der Waals surface area contributed by atoms with Crippen molar-refractivity contribution in [2.75, 3.05) is 50.0 Å². The summed E-state index contributed by atoms with van der Waals surface area (Å²) in [5.74, 6) is -11.7. The second-order valence-electron chi connectivity index (χ2n) is 31.3. The molecule has 13 amide bonds. The summed E-state index contributed by atoms with van der Waals surface area (Å²) in [4.78, 5) is 219. The van der Waals surface area contributed by atoms with Crippen LogP contribution in [0, 0.1) is 17.2 Å². The molecule has 0 unspecified atom stereocenters. The molecule has 0 aliphatic carbocycles. The number of aromatic nitrogens is 2. The van der Waals surface area contributed by atoms with Gasteiger partial charge in [0, 0.05) is 72.7 Å². The number of nitrogens with two attached hydrogens (primary N) is 7. The minimum atomic E-state index is -1.78.